The molecule has 7 heteroatoms. The molecule has 0 aliphatic rings. The largest absolute Gasteiger partial charge is 0.464 e. The molecule has 0 radical (unpaired) electrons. The second kappa shape index (κ2) is 5.85. The molecule has 0 aromatic carbocycles. The van der Waals surface area contributed by atoms with E-state index in [1.165, 1.54) is 7.11 Å². The zero-order valence-electron chi connectivity index (χ0n) is 12.2. The van der Waals surface area contributed by atoms with E-state index in [0.29, 0.717) is 12.2 Å². The van der Waals surface area contributed by atoms with Crippen molar-refractivity contribution in [2.45, 2.75) is 39.8 Å². The molecule has 2 aromatic rings. The van der Waals surface area contributed by atoms with Crippen LogP contribution in [0.5, 0.6) is 0 Å². The first-order valence-corrected chi connectivity index (χ1v) is 6.54. The quantitative estimate of drug-likeness (QED) is 0.772. The number of nitrogens with zero attached hydrogens (tertiary/aromatic N) is 5. The average molecular weight is 277 g/mol. The lowest BCUT2D eigenvalue weighted by Gasteiger charge is -2.11. The van der Waals surface area contributed by atoms with Crippen molar-refractivity contribution >= 4 is 5.97 Å². The molecular formula is C13H19N5O2. The Labute approximate surface area is 117 Å². The Kier molecular flexibility index (Phi) is 4.16. The molecule has 0 atom stereocenters. The van der Waals surface area contributed by atoms with E-state index in [2.05, 4.69) is 15.3 Å². The molecule has 2 rings (SSSR count). The van der Waals surface area contributed by atoms with Crippen molar-refractivity contribution in [1.82, 2.24) is 24.5 Å². The number of rotatable bonds is 5. The number of ether oxygens (including phenoxy) is 1. The Morgan fingerprint density at radius 3 is 2.70 bits per heavy atom. The van der Waals surface area contributed by atoms with Crippen LogP contribution in [0.4, 0.5) is 0 Å². The van der Waals surface area contributed by atoms with E-state index < -0.39 is 5.97 Å². The number of aromatic nitrogens is 5. The first kappa shape index (κ1) is 14.2. The fraction of sp³-hybridized carbons (Fsp3) is 0.538. The third kappa shape index (κ3) is 2.71. The smallest absolute Gasteiger partial charge is 0.360 e. The first-order chi connectivity index (χ1) is 9.54. The van der Waals surface area contributed by atoms with Crippen LogP contribution in [-0.4, -0.2) is 37.6 Å². The number of hydrogen-bond donors (Lipinski definition) is 0. The van der Waals surface area contributed by atoms with Crippen LogP contribution in [0.3, 0.4) is 0 Å². The normalized spacial score (nSPS) is 11.1. The highest BCUT2D eigenvalue weighted by molar-refractivity contribution is 5.88. The van der Waals surface area contributed by atoms with Gasteiger partial charge in [-0.2, -0.15) is 0 Å². The molecule has 20 heavy (non-hydrogen) atoms. The summed E-state index contributed by atoms with van der Waals surface area (Å²) in [7, 11) is 1.35. The van der Waals surface area contributed by atoms with Gasteiger partial charge in [-0.3, -0.25) is 0 Å². The van der Waals surface area contributed by atoms with Crippen molar-refractivity contribution in [2.75, 3.05) is 7.11 Å². The van der Waals surface area contributed by atoms with Gasteiger partial charge in [0.05, 0.1) is 19.3 Å². The highest BCUT2D eigenvalue weighted by atomic mass is 16.5. The van der Waals surface area contributed by atoms with Crippen molar-refractivity contribution in [3.63, 3.8) is 0 Å². The summed E-state index contributed by atoms with van der Waals surface area (Å²) >= 11 is 0. The van der Waals surface area contributed by atoms with Gasteiger partial charge in [0.25, 0.3) is 0 Å². The van der Waals surface area contributed by atoms with Crippen molar-refractivity contribution in [3.05, 3.63) is 29.6 Å². The van der Waals surface area contributed by atoms with Crippen LogP contribution in [-0.2, 0) is 17.8 Å². The van der Waals surface area contributed by atoms with Gasteiger partial charge in [0.2, 0.25) is 0 Å². The average Bonchev–Trinajstić information content (AvgIpc) is 3.01. The van der Waals surface area contributed by atoms with Crippen molar-refractivity contribution in [3.8, 4) is 0 Å². The number of aryl methyl sites for hydroxylation is 3. The molecule has 0 saturated heterocycles. The third-order valence-electron chi connectivity index (χ3n) is 3.18. The van der Waals surface area contributed by atoms with Crippen LogP contribution in [0.25, 0.3) is 0 Å². The molecule has 0 amide bonds. The Bertz CT molecular complexity index is 600. The Balaban J connectivity index is 2.21. The lowest BCUT2D eigenvalue weighted by molar-refractivity contribution is 0.0592. The molecule has 7 nitrogen and oxygen atoms in total. The SMILES string of the molecule is COC(=O)c1nnn(CCn2ccnc2C)c1C(C)C. The Morgan fingerprint density at radius 1 is 1.40 bits per heavy atom. The van der Waals surface area contributed by atoms with Gasteiger partial charge in [-0.25, -0.2) is 14.5 Å². The molecule has 0 N–H and O–H groups in total. The molecule has 0 aliphatic heterocycles. The molecule has 0 spiro atoms. The van der Waals surface area contributed by atoms with Gasteiger partial charge in [0, 0.05) is 18.9 Å². The fourth-order valence-electron chi connectivity index (χ4n) is 2.14. The van der Waals surface area contributed by atoms with Gasteiger partial charge in [-0.05, 0) is 12.8 Å². The molecule has 0 unspecified atom stereocenters. The van der Waals surface area contributed by atoms with Crippen molar-refractivity contribution in [1.29, 1.82) is 0 Å². The minimum Gasteiger partial charge on any atom is -0.464 e. The predicted molar refractivity (Wildman–Crippen MR) is 72.4 cm³/mol. The second-order valence-electron chi connectivity index (χ2n) is 4.86. The molecule has 2 heterocycles. The van der Waals surface area contributed by atoms with Gasteiger partial charge in [-0.15, -0.1) is 5.10 Å². The molecule has 108 valence electrons. The topological polar surface area (TPSA) is 74.8 Å². The number of esters is 1. The van der Waals surface area contributed by atoms with Crippen LogP contribution in [0.2, 0.25) is 0 Å². The first-order valence-electron chi connectivity index (χ1n) is 6.54. The summed E-state index contributed by atoms with van der Waals surface area (Å²) in [4.78, 5) is 15.9. The minimum atomic E-state index is -0.446. The summed E-state index contributed by atoms with van der Waals surface area (Å²) in [5.74, 6) is 0.645. The Morgan fingerprint density at radius 2 is 2.15 bits per heavy atom. The second-order valence-corrected chi connectivity index (χ2v) is 4.86. The van der Waals surface area contributed by atoms with E-state index in [1.54, 1.807) is 10.9 Å². The fourth-order valence-corrected chi connectivity index (χ4v) is 2.14. The molecule has 2 aromatic heterocycles. The van der Waals surface area contributed by atoms with Crippen LogP contribution < -0.4 is 0 Å². The Hall–Kier alpha value is -2.18. The minimum absolute atomic E-state index is 0.142. The molecule has 0 saturated carbocycles. The zero-order valence-corrected chi connectivity index (χ0v) is 12.2. The number of methoxy groups -OCH3 is 1. The highest BCUT2D eigenvalue weighted by Gasteiger charge is 2.22. The van der Waals surface area contributed by atoms with Crippen molar-refractivity contribution in [2.24, 2.45) is 0 Å². The number of carbonyl (C=O) groups is 1. The summed E-state index contributed by atoms with van der Waals surface area (Å²) in [5.41, 5.74) is 1.10. The molecule has 0 bridgehead atoms. The van der Waals surface area contributed by atoms with Gasteiger partial charge < -0.3 is 9.30 Å². The zero-order chi connectivity index (χ0) is 14.7. The molecular weight excluding hydrogens is 258 g/mol. The highest BCUT2D eigenvalue weighted by Crippen LogP contribution is 2.18. The van der Waals surface area contributed by atoms with Crippen LogP contribution in [0, 0.1) is 6.92 Å². The number of imidazole rings is 1. The summed E-state index contributed by atoms with van der Waals surface area (Å²) < 4.78 is 8.53. The van der Waals surface area contributed by atoms with E-state index in [-0.39, 0.29) is 5.92 Å². The lowest BCUT2D eigenvalue weighted by Crippen LogP contribution is -2.14. The van der Waals surface area contributed by atoms with Crippen LogP contribution in [0.1, 0.15) is 41.8 Å². The molecule has 0 aliphatic carbocycles. The van der Waals surface area contributed by atoms with E-state index in [9.17, 15) is 4.79 Å². The maximum atomic E-state index is 11.7. The van der Waals surface area contributed by atoms with E-state index in [0.717, 1.165) is 18.1 Å². The van der Waals surface area contributed by atoms with Crippen LogP contribution >= 0.6 is 0 Å². The summed E-state index contributed by atoms with van der Waals surface area (Å²) in [6.07, 6.45) is 3.68. The van der Waals surface area contributed by atoms with Crippen molar-refractivity contribution < 1.29 is 9.53 Å². The number of carbonyl (C=O) groups excluding carboxylic acids is 1. The third-order valence-corrected chi connectivity index (χ3v) is 3.18. The van der Waals surface area contributed by atoms with E-state index in [1.807, 2.05) is 31.5 Å². The summed E-state index contributed by atoms with van der Waals surface area (Å²) in [5, 5.41) is 8.01. The molecule has 0 fully saturated rings. The van der Waals surface area contributed by atoms with Gasteiger partial charge in [-0.1, -0.05) is 19.1 Å². The van der Waals surface area contributed by atoms with Gasteiger partial charge >= 0.3 is 5.97 Å². The van der Waals surface area contributed by atoms with E-state index in [4.69, 9.17) is 4.74 Å². The standard InChI is InChI=1S/C13H19N5O2/c1-9(2)12-11(13(19)20-4)15-16-18(12)8-7-17-6-5-14-10(17)3/h5-6,9H,7-8H2,1-4H3. The summed E-state index contributed by atoms with van der Waals surface area (Å²) in [6, 6.07) is 0. The van der Waals surface area contributed by atoms with E-state index >= 15 is 0 Å². The maximum Gasteiger partial charge on any atom is 0.360 e. The lowest BCUT2D eigenvalue weighted by atomic mass is 10.1. The van der Waals surface area contributed by atoms with Gasteiger partial charge in [0.15, 0.2) is 5.69 Å². The number of hydrogen-bond acceptors (Lipinski definition) is 5. The van der Waals surface area contributed by atoms with Crippen LogP contribution in [0.15, 0.2) is 12.4 Å². The van der Waals surface area contributed by atoms with Gasteiger partial charge in [0.1, 0.15) is 5.82 Å². The maximum absolute atomic E-state index is 11.7. The summed E-state index contributed by atoms with van der Waals surface area (Å²) in [6.45, 7) is 7.32. The predicted octanol–water partition coefficient (Wildman–Crippen LogP) is 1.39. The monoisotopic (exact) mass is 277 g/mol.